The highest BCUT2D eigenvalue weighted by Crippen LogP contribution is 2.29. The van der Waals surface area contributed by atoms with Gasteiger partial charge in [0.2, 0.25) is 20.0 Å². The predicted molar refractivity (Wildman–Crippen MR) is 272 cm³/mol. The zero-order valence-electron chi connectivity index (χ0n) is 39.5. The van der Waals surface area contributed by atoms with Crippen molar-refractivity contribution >= 4 is 72.2 Å². The molecule has 6 heterocycles. The van der Waals surface area contributed by atoms with Crippen LogP contribution in [0.2, 0.25) is 0 Å². The molecule has 0 bridgehead atoms. The monoisotopic (exact) mass is 1060 g/mol. The summed E-state index contributed by atoms with van der Waals surface area (Å²) in [6.45, 7) is 12.9. The maximum Gasteiger partial charge on any atom is 0.440 e. The van der Waals surface area contributed by atoms with Crippen molar-refractivity contribution in [2.75, 3.05) is 74.3 Å². The van der Waals surface area contributed by atoms with Gasteiger partial charge in [0.05, 0.1) is 17.4 Å². The number of hydrogen-bond donors (Lipinski definition) is 3. The Balaban J connectivity index is 0.000000164. The first-order valence-electron chi connectivity index (χ1n) is 22.1. The number of hydrogen-bond acceptors (Lipinski definition) is 20. The van der Waals surface area contributed by atoms with Gasteiger partial charge < -0.3 is 15.0 Å². The van der Waals surface area contributed by atoms with Crippen LogP contribution in [0.15, 0.2) is 96.2 Å². The number of nitro groups is 1. The Kier molecular flexibility index (Phi) is 17.5. The van der Waals surface area contributed by atoms with E-state index in [1.165, 1.54) is 87.9 Å². The fourth-order valence-corrected chi connectivity index (χ4v) is 9.55. The number of ether oxygens (including phenoxy) is 1. The highest BCUT2D eigenvalue weighted by Gasteiger charge is 2.24. The number of carbonyl (C=O) groups is 2. The first-order chi connectivity index (χ1) is 34.4. The number of nitrogens with zero attached hydrogens (tertiary/aromatic N) is 12. The lowest BCUT2D eigenvalue weighted by molar-refractivity contribution is -0.384. The van der Waals surface area contributed by atoms with Crippen LogP contribution in [-0.2, 0) is 33.1 Å². The minimum Gasteiger partial charge on any atom is -0.409 e. The molecule has 24 nitrogen and oxygen atoms in total. The maximum absolute atomic E-state index is 12.7. The quantitative estimate of drug-likeness (QED) is 0.107. The predicted octanol–water partition coefficient (Wildman–Crippen LogP) is 5.00. The molecule has 0 spiro atoms. The third-order valence-corrected chi connectivity index (χ3v) is 13.4. The summed E-state index contributed by atoms with van der Waals surface area (Å²) < 4.78 is 55.9. The molecule has 2 aliphatic heterocycles. The molecule has 2 aliphatic rings. The van der Waals surface area contributed by atoms with E-state index in [9.17, 15) is 36.5 Å². The van der Waals surface area contributed by atoms with E-state index in [0.29, 0.717) is 13.1 Å². The molecule has 2 fully saturated rings. The summed E-state index contributed by atoms with van der Waals surface area (Å²) in [5, 5.41) is 39.9. The number of rotatable bonds is 12. The summed E-state index contributed by atoms with van der Waals surface area (Å²) in [4.78, 5) is 40.9. The van der Waals surface area contributed by atoms with E-state index in [4.69, 9.17) is 4.74 Å². The summed E-state index contributed by atoms with van der Waals surface area (Å²) in [6, 6.07) is 20.3. The van der Waals surface area contributed by atoms with Gasteiger partial charge >= 0.3 is 12.1 Å². The molecule has 4 aromatic heterocycles. The standard InChI is InChI=1S/C19H23N7O3S2.C14H18N4S.C11H10N4O6S/c1-14-3-4-15(16(11-14)18-21-20-13-30-18)12-24-7-9-25(10-8-24)19(27)26-6-5-17(22-26)23-31(2,28)29;1-11-2-3-12(9-18-6-4-15-5-7-18)13(8-11)14-17-16-10-19-14;1-22(19,20)13-10-6-7-14(12-10)11(16)21-9-4-2-8(3-5-9)15(17)18/h3-6,11,13H,7-10,12H2,1-2H3,(H,22,23);2-3,8,10,15H,4-7,9H2,1H3;2-7H,1H3,(H,12,13). The van der Waals surface area contributed by atoms with E-state index >= 15 is 0 Å². The lowest BCUT2D eigenvalue weighted by Crippen LogP contribution is -2.49. The van der Waals surface area contributed by atoms with Gasteiger partial charge in [-0.05, 0) is 49.2 Å². The molecule has 0 unspecified atom stereocenters. The van der Waals surface area contributed by atoms with E-state index < -0.39 is 31.1 Å². The Labute approximate surface area is 422 Å². The normalized spacial score (nSPS) is 14.3. The number of carbonyl (C=O) groups excluding carboxylic acids is 2. The van der Waals surface area contributed by atoms with Crippen molar-refractivity contribution in [2.45, 2.75) is 26.9 Å². The smallest absolute Gasteiger partial charge is 0.409 e. The first kappa shape index (κ1) is 52.7. The highest BCUT2D eigenvalue weighted by atomic mass is 32.2. The summed E-state index contributed by atoms with van der Waals surface area (Å²) in [5.74, 6) is 0.171. The molecule has 9 rings (SSSR count). The second-order valence-corrected chi connectivity index (χ2v) is 21.7. The lowest BCUT2D eigenvalue weighted by Gasteiger charge is -2.34. The van der Waals surface area contributed by atoms with E-state index in [-0.39, 0.29) is 29.1 Å². The Morgan fingerprint density at radius 3 is 1.65 bits per heavy atom. The van der Waals surface area contributed by atoms with Crippen LogP contribution < -0.4 is 19.5 Å². The van der Waals surface area contributed by atoms with Crippen LogP contribution in [0.1, 0.15) is 22.3 Å². The Bertz CT molecular complexity index is 3170. The highest BCUT2D eigenvalue weighted by molar-refractivity contribution is 7.92. The van der Waals surface area contributed by atoms with Gasteiger partial charge in [-0.25, -0.2) is 26.4 Å². The van der Waals surface area contributed by atoms with Crippen molar-refractivity contribution < 1.29 is 36.1 Å². The van der Waals surface area contributed by atoms with Crippen LogP contribution in [-0.4, -0.2) is 153 Å². The molecule has 3 aromatic carbocycles. The summed E-state index contributed by atoms with van der Waals surface area (Å²) in [6.07, 6.45) is 3.76. The summed E-state index contributed by atoms with van der Waals surface area (Å²) >= 11 is 3.13. The average molecular weight is 1060 g/mol. The number of nitrogens with one attached hydrogen (secondary N) is 3. The molecule has 0 saturated carbocycles. The molecule has 72 heavy (non-hydrogen) atoms. The van der Waals surface area contributed by atoms with Crippen LogP contribution >= 0.6 is 22.7 Å². The molecule has 1 amide bonds. The van der Waals surface area contributed by atoms with Crippen LogP contribution in [0.4, 0.5) is 26.9 Å². The molecular formula is C44H51N15O9S4. The van der Waals surface area contributed by atoms with Gasteiger partial charge in [-0.15, -0.1) is 30.6 Å². The SMILES string of the molecule is CS(=O)(=O)Nc1ccn(C(=O)Oc2ccc([N+](=O)[O-])cc2)n1.Cc1ccc(CN2CCN(C(=O)n3ccc(NS(C)(=O)=O)n3)CC2)c(-c2nncs2)c1.Cc1ccc(CN2CCNCC2)c(-c2nncs2)c1. The Morgan fingerprint density at radius 1 is 0.694 bits per heavy atom. The van der Waals surface area contributed by atoms with Gasteiger partial charge in [-0.2, -0.15) is 9.36 Å². The van der Waals surface area contributed by atoms with Crippen molar-refractivity contribution in [3.05, 3.63) is 129 Å². The van der Waals surface area contributed by atoms with E-state index in [0.717, 1.165) is 89.8 Å². The average Bonchev–Trinajstić information content (AvgIpc) is 4.20. The van der Waals surface area contributed by atoms with Crippen LogP contribution in [0.25, 0.3) is 21.1 Å². The number of sulfonamides is 2. The van der Waals surface area contributed by atoms with Gasteiger partial charge in [0.15, 0.2) is 11.6 Å². The number of anilines is 2. The van der Waals surface area contributed by atoms with Crippen LogP contribution in [0, 0.1) is 24.0 Å². The number of nitro benzene ring substituents is 1. The molecule has 2 saturated heterocycles. The van der Waals surface area contributed by atoms with Crippen molar-refractivity contribution in [1.29, 1.82) is 0 Å². The molecule has 7 aromatic rings. The van der Waals surface area contributed by atoms with Crippen molar-refractivity contribution in [1.82, 2.24) is 60.0 Å². The van der Waals surface area contributed by atoms with Gasteiger partial charge in [0.1, 0.15) is 26.8 Å². The number of non-ortho nitro benzene ring substituents is 1. The van der Waals surface area contributed by atoms with Crippen molar-refractivity contribution in [2.24, 2.45) is 0 Å². The third-order valence-electron chi connectivity index (χ3n) is 10.7. The zero-order chi connectivity index (χ0) is 51.4. The molecule has 0 atom stereocenters. The lowest BCUT2D eigenvalue weighted by atomic mass is 10.0. The molecule has 3 N–H and O–H groups in total. The largest absolute Gasteiger partial charge is 0.440 e. The van der Waals surface area contributed by atoms with Gasteiger partial charge in [0, 0.05) is 113 Å². The second kappa shape index (κ2) is 23.9. The number of aryl methyl sites for hydroxylation is 2. The first-order valence-corrected chi connectivity index (χ1v) is 27.6. The van der Waals surface area contributed by atoms with E-state index in [2.05, 4.69) is 105 Å². The fourth-order valence-electron chi connectivity index (χ4n) is 7.36. The fraction of sp³-hybridized carbons (Fsp3) is 0.318. The number of aromatic nitrogens is 8. The van der Waals surface area contributed by atoms with Gasteiger partial charge in [-0.3, -0.25) is 29.4 Å². The molecule has 28 heteroatoms. The van der Waals surface area contributed by atoms with Crippen LogP contribution in [0.5, 0.6) is 5.75 Å². The Morgan fingerprint density at radius 2 is 1.18 bits per heavy atom. The maximum atomic E-state index is 12.7. The minimum absolute atomic E-state index is 0.0388. The second-order valence-electron chi connectivity index (χ2n) is 16.5. The third kappa shape index (κ3) is 15.5. The molecular weight excluding hydrogens is 1010 g/mol. The molecule has 380 valence electrons. The van der Waals surface area contributed by atoms with Gasteiger partial charge in [-0.1, -0.05) is 58.1 Å². The minimum atomic E-state index is -3.50. The summed E-state index contributed by atoms with van der Waals surface area (Å²) in [5.41, 5.74) is 10.7. The Hall–Kier alpha value is -7.08. The topological polar surface area (TPSA) is 288 Å². The van der Waals surface area contributed by atoms with E-state index in [1.807, 2.05) is 0 Å². The van der Waals surface area contributed by atoms with Gasteiger partial charge in [0.25, 0.3) is 5.69 Å². The van der Waals surface area contributed by atoms with Crippen molar-refractivity contribution in [3.63, 3.8) is 0 Å². The zero-order valence-corrected chi connectivity index (χ0v) is 42.7. The van der Waals surface area contributed by atoms with Crippen LogP contribution in [0.3, 0.4) is 0 Å². The molecule has 0 aliphatic carbocycles. The summed E-state index contributed by atoms with van der Waals surface area (Å²) in [7, 11) is -6.94. The van der Waals surface area contributed by atoms with E-state index in [1.54, 1.807) is 27.3 Å². The van der Waals surface area contributed by atoms with Crippen molar-refractivity contribution in [3.8, 4) is 26.9 Å². The molecule has 0 radical (unpaired) electrons. The number of benzene rings is 3. The number of amides is 1. The number of piperazine rings is 2.